The zero-order chi connectivity index (χ0) is 18.6. The third-order valence-electron chi connectivity index (χ3n) is 4.33. The van der Waals surface area contributed by atoms with Gasteiger partial charge in [-0.05, 0) is 23.8 Å². The van der Waals surface area contributed by atoms with E-state index in [0.717, 1.165) is 18.2 Å². The van der Waals surface area contributed by atoms with Crippen LogP contribution in [0.3, 0.4) is 0 Å². The average Bonchev–Trinajstić information content (AvgIpc) is 2.65. The van der Waals surface area contributed by atoms with Crippen LogP contribution in [0.4, 0.5) is 4.39 Å². The minimum atomic E-state index is -3.65. The maximum atomic E-state index is 13.3. The van der Waals surface area contributed by atoms with Crippen LogP contribution in [-0.2, 0) is 10.0 Å². The van der Waals surface area contributed by atoms with E-state index < -0.39 is 15.8 Å². The highest BCUT2D eigenvalue weighted by Crippen LogP contribution is 2.23. The first-order valence-electron chi connectivity index (χ1n) is 8.36. The van der Waals surface area contributed by atoms with Crippen molar-refractivity contribution in [3.8, 4) is 0 Å². The second-order valence-corrected chi connectivity index (χ2v) is 8.44. The first kappa shape index (κ1) is 19.0. The molecule has 4 nitrogen and oxygen atoms in total. The van der Waals surface area contributed by atoms with Crippen LogP contribution in [-0.4, -0.2) is 50.3 Å². The molecule has 0 aromatic heterocycles. The Balaban J connectivity index is 1.57. The predicted octanol–water partition coefficient (Wildman–Crippen LogP) is 3.50. The fraction of sp³-hybridized carbons (Fsp3) is 0.263. The molecule has 1 saturated heterocycles. The van der Waals surface area contributed by atoms with Crippen LogP contribution in [0, 0.1) is 5.82 Å². The van der Waals surface area contributed by atoms with Gasteiger partial charge in [0.1, 0.15) is 5.82 Å². The van der Waals surface area contributed by atoms with Gasteiger partial charge in [-0.3, -0.25) is 4.90 Å². The summed E-state index contributed by atoms with van der Waals surface area (Å²) in [5, 5.41) is -0.184. The molecule has 1 heterocycles. The quantitative estimate of drug-likeness (QED) is 0.779. The number of halogens is 2. The molecule has 0 atom stereocenters. The second kappa shape index (κ2) is 8.31. The number of rotatable bonds is 5. The zero-order valence-corrected chi connectivity index (χ0v) is 15.8. The zero-order valence-electron chi connectivity index (χ0n) is 14.2. The van der Waals surface area contributed by atoms with Crippen molar-refractivity contribution in [3.63, 3.8) is 0 Å². The number of nitrogens with zero attached hydrogens (tertiary/aromatic N) is 2. The van der Waals surface area contributed by atoms with Gasteiger partial charge in [0.25, 0.3) is 0 Å². The fourth-order valence-corrected chi connectivity index (χ4v) is 4.54. The van der Waals surface area contributed by atoms with Gasteiger partial charge in [-0.15, -0.1) is 0 Å². The summed E-state index contributed by atoms with van der Waals surface area (Å²) in [6.45, 7) is 2.86. The summed E-state index contributed by atoms with van der Waals surface area (Å²) in [6, 6.07) is 13.5. The third kappa shape index (κ3) is 4.51. The van der Waals surface area contributed by atoms with Crippen molar-refractivity contribution in [1.29, 1.82) is 0 Å². The number of sulfonamides is 1. The molecule has 0 amide bonds. The van der Waals surface area contributed by atoms with E-state index in [2.05, 4.69) is 17.1 Å². The molecule has 0 bridgehead atoms. The molecule has 0 radical (unpaired) electrons. The third-order valence-corrected chi connectivity index (χ3v) is 6.52. The van der Waals surface area contributed by atoms with E-state index in [1.165, 1.54) is 16.4 Å². The molecule has 1 aliphatic rings. The summed E-state index contributed by atoms with van der Waals surface area (Å²) in [7, 11) is -3.65. The maximum absolute atomic E-state index is 13.3. The molecule has 0 spiro atoms. The Morgan fingerprint density at radius 1 is 1.04 bits per heavy atom. The van der Waals surface area contributed by atoms with Crippen molar-refractivity contribution >= 4 is 27.7 Å². The molecule has 0 unspecified atom stereocenters. The summed E-state index contributed by atoms with van der Waals surface area (Å²) in [6.07, 6.45) is 4.14. The van der Waals surface area contributed by atoms with Crippen LogP contribution < -0.4 is 0 Å². The van der Waals surface area contributed by atoms with Crippen LogP contribution in [0.1, 0.15) is 5.56 Å². The molecule has 1 aliphatic heterocycles. The van der Waals surface area contributed by atoms with E-state index in [0.29, 0.717) is 26.2 Å². The van der Waals surface area contributed by atoms with Gasteiger partial charge >= 0.3 is 0 Å². The van der Waals surface area contributed by atoms with Crippen LogP contribution in [0.15, 0.2) is 59.5 Å². The number of hydrogen-bond donors (Lipinski definition) is 0. The number of benzene rings is 2. The van der Waals surface area contributed by atoms with Gasteiger partial charge in [-0.1, -0.05) is 54.1 Å². The minimum absolute atomic E-state index is 0.0290. The second-order valence-electron chi connectivity index (χ2n) is 6.09. The Morgan fingerprint density at radius 3 is 2.38 bits per heavy atom. The van der Waals surface area contributed by atoms with Gasteiger partial charge in [0.2, 0.25) is 10.0 Å². The average molecular weight is 395 g/mol. The summed E-state index contributed by atoms with van der Waals surface area (Å²) >= 11 is 5.72. The highest BCUT2D eigenvalue weighted by molar-refractivity contribution is 7.89. The summed E-state index contributed by atoms with van der Waals surface area (Å²) in [5.41, 5.74) is 1.14. The lowest BCUT2D eigenvalue weighted by atomic mass is 10.2. The smallest absolute Gasteiger partial charge is 0.243 e. The first-order chi connectivity index (χ1) is 12.5. The van der Waals surface area contributed by atoms with Crippen molar-refractivity contribution in [2.24, 2.45) is 0 Å². The van der Waals surface area contributed by atoms with Gasteiger partial charge < -0.3 is 0 Å². The monoisotopic (exact) mass is 394 g/mol. The van der Waals surface area contributed by atoms with Crippen molar-refractivity contribution in [2.75, 3.05) is 32.7 Å². The Bertz CT molecular complexity index is 880. The molecule has 138 valence electrons. The van der Waals surface area contributed by atoms with Gasteiger partial charge in [0, 0.05) is 32.7 Å². The van der Waals surface area contributed by atoms with E-state index in [4.69, 9.17) is 11.6 Å². The van der Waals surface area contributed by atoms with E-state index in [-0.39, 0.29) is 9.92 Å². The molecule has 0 aliphatic carbocycles. The Labute approximate surface area is 158 Å². The fourth-order valence-electron chi connectivity index (χ4n) is 2.84. The molecule has 3 rings (SSSR count). The topological polar surface area (TPSA) is 40.6 Å². The van der Waals surface area contributed by atoms with Crippen LogP contribution in [0.25, 0.3) is 6.08 Å². The first-order valence-corrected chi connectivity index (χ1v) is 10.2. The van der Waals surface area contributed by atoms with E-state index >= 15 is 0 Å². The van der Waals surface area contributed by atoms with Gasteiger partial charge in [0.15, 0.2) is 0 Å². The molecule has 0 N–H and O–H groups in total. The van der Waals surface area contributed by atoms with Crippen LogP contribution in [0.2, 0.25) is 5.02 Å². The van der Waals surface area contributed by atoms with Crippen molar-refractivity contribution < 1.29 is 12.8 Å². The lowest BCUT2D eigenvalue weighted by molar-refractivity contribution is 0.204. The summed E-state index contributed by atoms with van der Waals surface area (Å²) in [4.78, 5) is 2.23. The van der Waals surface area contributed by atoms with Gasteiger partial charge in [-0.2, -0.15) is 4.31 Å². The minimum Gasteiger partial charge on any atom is -0.297 e. The molecule has 0 saturated carbocycles. The Morgan fingerprint density at radius 2 is 1.73 bits per heavy atom. The Hall–Kier alpha value is -1.73. The van der Waals surface area contributed by atoms with Crippen molar-refractivity contribution in [1.82, 2.24) is 9.21 Å². The van der Waals surface area contributed by atoms with Crippen LogP contribution in [0.5, 0.6) is 0 Å². The molecule has 7 heteroatoms. The molecule has 2 aromatic carbocycles. The predicted molar refractivity (Wildman–Crippen MR) is 102 cm³/mol. The SMILES string of the molecule is O=S(=O)(c1ccc(F)c(Cl)c1)N1CCN(CC=Cc2ccccc2)CC1. The van der Waals surface area contributed by atoms with E-state index in [1.807, 2.05) is 30.3 Å². The van der Waals surface area contributed by atoms with Gasteiger partial charge in [-0.25, -0.2) is 12.8 Å². The van der Waals surface area contributed by atoms with Crippen molar-refractivity contribution in [3.05, 3.63) is 71.0 Å². The number of piperazine rings is 1. The highest BCUT2D eigenvalue weighted by Gasteiger charge is 2.28. The van der Waals surface area contributed by atoms with E-state index in [1.54, 1.807) is 0 Å². The van der Waals surface area contributed by atoms with Gasteiger partial charge in [0.05, 0.1) is 9.92 Å². The standard InChI is InChI=1S/C19H20ClFN2O2S/c20-18-15-17(8-9-19(18)21)26(24,25)23-13-11-22(12-14-23)10-4-7-16-5-2-1-3-6-16/h1-9,15H,10-14H2. The summed E-state index contributed by atoms with van der Waals surface area (Å²) in [5.74, 6) is -0.624. The lowest BCUT2D eigenvalue weighted by Gasteiger charge is -2.33. The van der Waals surface area contributed by atoms with E-state index in [9.17, 15) is 12.8 Å². The highest BCUT2D eigenvalue weighted by atomic mass is 35.5. The largest absolute Gasteiger partial charge is 0.297 e. The molecule has 2 aromatic rings. The maximum Gasteiger partial charge on any atom is 0.243 e. The summed E-state index contributed by atoms with van der Waals surface area (Å²) < 4.78 is 40.0. The molecular formula is C19H20ClFN2O2S. The molecule has 26 heavy (non-hydrogen) atoms. The number of hydrogen-bond acceptors (Lipinski definition) is 3. The lowest BCUT2D eigenvalue weighted by Crippen LogP contribution is -2.48. The normalized spacial score (nSPS) is 17.0. The molecular weight excluding hydrogens is 375 g/mol. The van der Waals surface area contributed by atoms with Crippen LogP contribution >= 0.6 is 11.6 Å². The van der Waals surface area contributed by atoms with Crippen molar-refractivity contribution in [2.45, 2.75) is 4.90 Å². The Kier molecular flexibility index (Phi) is 6.09. The molecule has 1 fully saturated rings.